The maximum Gasteiger partial charge on any atom is 0.242 e. The van der Waals surface area contributed by atoms with Crippen molar-refractivity contribution < 1.29 is 9.91 Å². The van der Waals surface area contributed by atoms with Crippen LogP contribution in [0.15, 0.2) is 28.5 Å². The van der Waals surface area contributed by atoms with Crippen LogP contribution in [0.2, 0.25) is 5.02 Å². The number of anilines is 1. The second-order valence-electron chi connectivity index (χ2n) is 5.78. The fraction of sp³-hybridized carbons (Fsp3) is 0.467. The summed E-state index contributed by atoms with van der Waals surface area (Å²) in [5, 5.41) is 12.8. The fourth-order valence-electron chi connectivity index (χ4n) is 2.88. The monoisotopic (exact) mass is 335 g/mol. The van der Waals surface area contributed by atoms with E-state index in [4.69, 9.17) is 11.6 Å². The zero-order valence-electron chi connectivity index (χ0n) is 12.9. The van der Waals surface area contributed by atoms with Crippen LogP contribution in [0.5, 0.6) is 0 Å². The summed E-state index contributed by atoms with van der Waals surface area (Å²) in [6.07, 6.45) is 7.06. The molecule has 0 bridgehead atoms. The molecule has 2 aliphatic heterocycles. The third-order valence-electron chi connectivity index (χ3n) is 4.20. The summed E-state index contributed by atoms with van der Waals surface area (Å²) in [7, 11) is 0. The lowest BCUT2D eigenvalue weighted by Crippen LogP contribution is -3.07. The summed E-state index contributed by atoms with van der Waals surface area (Å²) in [5.41, 5.74) is 0. The van der Waals surface area contributed by atoms with Gasteiger partial charge < -0.3 is 5.32 Å². The Morgan fingerprint density at radius 1 is 1.43 bits per heavy atom. The molecule has 23 heavy (non-hydrogen) atoms. The lowest BCUT2D eigenvalue weighted by Gasteiger charge is -2.34. The average molecular weight is 336 g/mol. The molecule has 3 rings (SSSR count). The number of carbonyl (C=O) groups excluding carboxylic acids is 1. The van der Waals surface area contributed by atoms with Crippen molar-refractivity contribution in [2.24, 2.45) is 10.2 Å². The van der Waals surface area contributed by atoms with Crippen LogP contribution in [0, 0.1) is 0 Å². The Morgan fingerprint density at radius 3 is 2.91 bits per heavy atom. The number of piperidine rings is 1. The van der Waals surface area contributed by atoms with E-state index >= 15 is 0 Å². The predicted molar refractivity (Wildman–Crippen MR) is 89.9 cm³/mol. The minimum Gasteiger partial charge on any atom is -0.309 e. The number of quaternary nitrogens is 1. The van der Waals surface area contributed by atoms with Crippen molar-refractivity contribution in [1.29, 1.82) is 0 Å². The Kier molecular flexibility index (Phi) is 5.00. The largest absolute Gasteiger partial charge is 0.309 e. The van der Waals surface area contributed by atoms with E-state index in [2.05, 4.69) is 25.4 Å². The highest BCUT2D eigenvalue weighted by Crippen LogP contribution is 2.14. The molecular weight excluding hydrogens is 316 g/mol. The van der Waals surface area contributed by atoms with Gasteiger partial charge in [0.15, 0.2) is 6.04 Å². The number of nitrogens with one attached hydrogen (secondary N) is 2. The van der Waals surface area contributed by atoms with Gasteiger partial charge in [-0.05, 0) is 32.0 Å². The zero-order chi connectivity index (χ0) is 16.2. The van der Waals surface area contributed by atoms with Crippen molar-refractivity contribution in [3.63, 3.8) is 0 Å². The van der Waals surface area contributed by atoms with Gasteiger partial charge in [0.25, 0.3) is 0 Å². The molecule has 2 N–H and O–H groups in total. The first-order valence-corrected chi connectivity index (χ1v) is 8.11. The lowest BCUT2D eigenvalue weighted by molar-refractivity contribution is -0.937. The van der Waals surface area contributed by atoms with Crippen molar-refractivity contribution in [3.8, 4) is 0 Å². The van der Waals surface area contributed by atoms with E-state index < -0.39 is 0 Å². The summed E-state index contributed by atoms with van der Waals surface area (Å²) >= 11 is 5.80. The van der Waals surface area contributed by atoms with Crippen LogP contribution < -0.4 is 10.4 Å². The van der Waals surface area contributed by atoms with Crippen molar-refractivity contribution >= 4 is 35.8 Å². The van der Waals surface area contributed by atoms with Gasteiger partial charge in [-0.25, -0.2) is 4.98 Å². The van der Waals surface area contributed by atoms with Crippen LogP contribution >= 0.6 is 11.6 Å². The van der Waals surface area contributed by atoms with E-state index in [1.54, 1.807) is 24.6 Å². The molecule has 2 aliphatic rings. The summed E-state index contributed by atoms with van der Waals surface area (Å²) in [6, 6.07) is 3.47. The molecule has 122 valence electrons. The van der Waals surface area contributed by atoms with Gasteiger partial charge >= 0.3 is 0 Å². The molecule has 1 saturated heterocycles. The Morgan fingerprint density at radius 2 is 2.22 bits per heavy atom. The second kappa shape index (κ2) is 7.16. The first kappa shape index (κ1) is 16.0. The summed E-state index contributed by atoms with van der Waals surface area (Å²) in [4.78, 5) is 18.7. The zero-order valence-corrected chi connectivity index (χ0v) is 13.7. The fourth-order valence-corrected chi connectivity index (χ4v) is 2.99. The van der Waals surface area contributed by atoms with E-state index in [1.807, 2.05) is 6.92 Å². The summed E-state index contributed by atoms with van der Waals surface area (Å²) in [6.45, 7) is 3.62. The number of nitrogens with zero attached hydrogens (tertiary/aromatic N) is 4. The number of amides is 1. The number of hydrogen-bond donors (Lipinski definition) is 2. The molecule has 0 spiro atoms. The van der Waals surface area contributed by atoms with Crippen LogP contribution in [-0.2, 0) is 4.79 Å². The molecule has 2 atom stereocenters. The highest BCUT2D eigenvalue weighted by Gasteiger charge is 2.33. The molecule has 7 nitrogen and oxygen atoms in total. The lowest BCUT2D eigenvalue weighted by atomic mass is 10.0. The van der Waals surface area contributed by atoms with Gasteiger partial charge in [0.1, 0.15) is 18.2 Å². The normalized spacial score (nSPS) is 23.1. The molecule has 8 heteroatoms. The highest BCUT2D eigenvalue weighted by atomic mass is 35.5. The molecule has 1 aromatic rings. The van der Waals surface area contributed by atoms with Crippen molar-refractivity contribution in [2.75, 3.05) is 18.4 Å². The second-order valence-corrected chi connectivity index (χ2v) is 6.21. The van der Waals surface area contributed by atoms with E-state index in [-0.39, 0.29) is 11.9 Å². The topological polar surface area (TPSA) is 74.4 Å². The number of pyridine rings is 1. The van der Waals surface area contributed by atoms with Crippen molar-refractivity contribution in [3.05, 3.63) is 23.4 Å². The highest BCUT2D eigenvalue weighted by molar-refractivity contribution is 6.30. The third kappa shape index (κ3) is 3.93. The standard InChI is InChI=1S/C15H19ClN6O/c1-11(15(23)20-14-5-4-12(16)9-17-14)21-8-2-3-13(10-21)22-18-6-7-19-22/h4-7,9,11,13H,2-3,8,10H2,1H3,(H,17,20,23)/p+1/t11-,13?/m0/s1. The van der Waals surface area contributed by atoms with Gasteiger partial charge in [0.05, 0.1) is 17.6 Å². The predicted octanol–water partition coefficient (Wildman–Crippen LogP) is 0.397. The molecule has 1 fully saturated rings. The number of halogens is 1. The summed E-state index contributed by atoms with van der Waals surface area (Å²) in [5.74, 6) is 0.447. The number of carbonyl (C=O) groups is 1. The number of aromatic nitrogens is 1. The number of likely N-dealkylation sites (tertiary alicyclic amines) is 1. The van der Waals surface area contributed by atoms with Gasteiger partial charge in [-0.3, -0.25) is 9.69 Å². The maximum atomic E-state index is 12.4. The molecular formula is C15H20ClN6O+. The summed E-state index contributed by atoms with van der Waals surface area (Å²) < 4.78 is 0. The van der Waals surface area contributed by atoms with Crippen molar-refractivity contribution in [2.45, 2.75) is 31.8 Å². The quantitative estimate of drug-likeness (QED) is 0.836. The molecule has 0 aromatic carbocycles. The van der Waals surface area contributed by atoms with E-state index in [9.17, 15) is 4.79 Å². The average Bonchev–Trinajstić information content (AvgIpc) is 3.11. The smallest absolute Gasteiger partial charge is 0.242 e. The van der Waals surface area contributed by atoms with E-state index in [0.717, 1.165) is 31.0 Å². The van der Waals surface area contributed by atoms with Gasteiger partial charge in [-0.1, -0.05) is 26.9 Å². The molecule has 0 aliphatic carbocycles. The van der Waals surface area contributed by atoms with E-state index in [1.165, 1.54) is 6.20 Å². The van der Waals surface area contributed by atoms with Crippen LogP contribution in [0.4, 0.5) is 5.82 Å². The van der Waals surface area contributed by atoms with Gasteiger partial charge in [0.2, 0.25) is 5.91 Å². The van der Waals surface area contributed by atoms with Crippen LogP contribution in [-0.4, -0.2) is 53.4 Å². The van der Waals surface area contributed by atoms with Crippen LogP contribution in [0.3, 0.4) is 0 Å². The number of rotatable bonds is 4. The minimum absolute atomic E-state index is 0.0658. The molecule has 0 saturated carbocycles. The Bertz CT molecular complexity index is 605. The van der Waals surface area contributed by atoms with Crippen molar-refractivity contribution in [1.82, 2.24) is 9.88 Å². The molecule has 1 amide bonds. The Hall–Kier alpha value is -1.83. The van der Waals surface area contributed by atoms with Crippen LogP contribution in [0.25, 0.3) is 0 Å². The molecule has 0 radical (unpaired) electrons. The van der Waals surface area contributed by atoms with Gasteiger partial charge in [0, 0.05) is 12.6 Å². The Balaban J connectivity index is 1.58. The maximum absolute atomic E-state index is 12.4. The van der Waals surface area contributed by atoms with Gasteiger partial charge in [-0.2, -0.15) is 0 Å². The first-order chi connectivity index (χ1) is 11.1. The molecule has 3 heterocycles. The Labute approximate surface area is 140 Å². The van der Waals surface area contributed by atoms with E-state index in [0.29, 0.717) is 16.9 Å². The van der Waals surface area contributed by atoms with Gasteiger partial charge in [-0.15, -0.1) is 0 Å². The van der Waals surface area contributed by atoms with Crippen LogP contribution in [0.1, 0.15) is 19.8 Å². The minimum atomic E-state index is -0.231. The molecule has 1 aromatic heterocycles. The first-order valence-electron chi connectivity index (χ1n) is 7.73. The number of hydrogen-bond acceptors (Lipinski definition) is 5. The third-order valence-corrected chi connectivity index (χ3v) is 4.43. The molecule has 1 unspecified atom stereocenters. The SMILES string of the molecule is C[C@@H](C(=O)Nc1ccc(Cl)cn1)N1CCCC([NH+]2N=CC=N2)C1.